The summed E-state index contributed by atoms with van der Waals surface area (Å²) < 4.78 is 0. The maximum Gasteiger partial charge on any atom is 0.272 e. The zero-order chi connectivity index (χ0) is 17.5. The van der Waals surface area contributed by atoms with Crippen molar-refractivity contribution in [1.82, 2.24) is 30.4 Å². The molecule has 132 valence electrons. The van der Waals surface area contributed by atoms with Crippen molar-refractivity contribution >= 4 is 23.6 Å². The molecule has 25 heavy (non-hydrogen) atoms. The van der Waals surface area contributed by atoms with E-state index in [1.54, 1.807) is 29.3 Å². The molecule has 0 unspecified atom stereocenters. The number of aromatic nitrogens is 4. The Bertz CT molecular complexity index is 686. The van der Waals surface area contributed by atoms with Gasteiger partial charge in [-0.15, -0.1) is 0 Å². The van der Waals surface area contributed by atoms with Crippen LogP contribution in [-0.4, -0.2) is 62.3 Å². The number of hydrogen-bond donors (Lipinski definition) is 2. The molecule has 0 radical (unpaired) electrons. The molecule has 0 spiro atoms. The lowest BCUT2D eigenvalue weighted by Crippen LogP contribution is -2.43. The van der Waals surface area contributed by atoms with Crippen molar-refractivity contribution in [3.8, 4) is 0 Å². The maximum atomic E-state index is 12.3. The Morgan fingerprint density at radius 1 is 1.28 bits per heavy atom. The zero-order valence-corrected chi connectivity index (χ0v) is 14.5. The summed E-state index contributed by atoms with van der Waals surface area (Å²) in [6.07, 6.45) is 4.44. The molecule has 0 atom stereocenters. The summed E-state index contributed by atoms with van der Waals surface area (Å²) in [5.41, 5.74) is 0.454. The number of carbonyl (C=O) groups is 2. The number of amides is 2. The molecule has 2 amide bonds. The van der Waals surface area contributed by atoms with Gasteiger partial charge >= 0.3 is 0 Å². The number of aromatic amines is 1. The molecule has 1 aliphatic rings. The van der Waals surface area contributed by atoms with Crippen molar-refractivity contribution in [3.05, 3.63) is 36.4 Å². The first kappa shape index (κ1) is 17.4. The van der Waals surface area contributed by atoms with Gasteiger partial charge in [-0.1, -0.05) is 17.8 Å². The molecule has 1 fully saturated rings. The van der Waals surface area contributed by atoms with E-state index in [1.165, 1.54) is 18.1 Å². The van der Waals surface area contributed by atoms with Crippen molar-refractivity contribution in [2.45, 2.75) is 18.0 Å². The molecule has 3 rings (SSSR count). The second kappa shape index (κ2) is 8.61. The summed E-state index contributed by atoms with van der Waals surface area (Å²) in [7, 11) is 0. The van der Waals surface area contributed by atoms with Gasteiger partial charge in [0.2, 0.25) is 5.91 Å². The summed E-state index contributed by atoms with van der Waals surface area (Å²) in [5.74, 6) is 0.687. The quantitative estimate of drug-likeness (QED) is 0.587. The van der Waals surface area contributed by atoms with Crippen molar-refractivity contribution < 1.29 is 9.59 Å². The number of likely N-dealkylation sites (tertiary alicyclic amines) is 1. The van der Waals surface area contributed by atoms with Crippen molar-refractivity contribution in [1.29, 1.82) is 0 Å². The highest BCUT2D eigenvalue weighted by Gasteiger charge is 2.27. The number of nitrogens with one attached hydrogen (secondary N) is 2. The number of pyridine rings is 1. The molecule has 0 aliphatic carbocycles. The van der Waals surface area contributed by atoms with Crippen LogP contribution in [0, 0.1) is 5.92 Å². The highest BCUT2D eigenvalue weighted by atomic mass is 32.2. The van der Waals surface area contributed by atoms with Crippen LogP contribution in [0.2, 0.25) is 0 Å². The zero-order valence-electron chi connectivity index (χ0n) is 13.7. The van der Waals surface area contributed by atoms with E-state index in [4.69, 9.17) is 0 Å². The Hall–Kier alpha value is -2.42. The lowest BCUT2D eigenvalue weighted by Gasteiger charge is -2.31. The van der Waals surface area contributed by atoms with Gasteiger partial charge in [-0.3, -0.25) is 19.7 Å². The second-order valence-corrected chi connectivity index (χ2v) is 6.80. The van der Waals surface area contributed by atoms with Gasteiger partial charge in [-0.25, -0.2) is 4.98 Å². The van der Waals surface area contributed by atoms with E-state index < -0.39 is 0 Å². The largest absolute Gasteiger partial charge is 0.355 e. The van der Waals surface area contributed by atoms with E-state index in [0.29, 0.717) is 38.2 Å². The lowest BCUT2D eigenvalue weighted by molar-refractivity contribution is -0.126. The fourth-order valence-corrected chi connectivity index (χ4v) is 3.36. The standard InChI is InChI=1S/C16H20N6O2S/c23-14(18-7-10-25-16-19-11-20-21-16)12-4-8-22(9-5-12)15(24)13-3-1-2-6-17-13/h1-3,6,11-12H,4-5,7-10H2,(H,18,23)(H,19,20,21). The molecule has 1 saturated heterocycles. The first-order valence-electron chi connectivity index (χ1n) is 8.20. The van der Waals surface area contributed by atoms with Crippen LogP contribution in [0.5, 0.6) is 0 Å². The summed E-state index contributed by atoms with van der Waals surface area (Å²) in [5, 5.41) is 10.2. The Kier molecular flexibility index (Phi) is 5.99. The van der Waals surface area contributed by atoms with Crippen LogP contribution >= 0.6 is 11.8 Å². The third-order valence-electron chi connectivity index (χ3n) is 4.07. The van der Waals surface area contributed by atoms with Crippen LogP contribution in [0.1, 0.15) is 23.3 Å². The van der Waals surface area contributed by atoms with E-state index in [-0.39, 0.29) is 17.7 Å². The molecule has 2 N–H and O–H groups in total. The van der Waals surface area contributed by atoms with Gasteiger partial charge in [0.15, 0.2) is 5.16 Å². The van der Waals surface area contributed by atoms with Crippen LogP contribution in [0.4, 0.5) is 0 Å². The third-order valence-corrected chi connectivity index (χ3v) is 4.95. The molecule has 0 aromatic carbocycles. The van der Waals surface area contributed by atoms with Crippen molar-refractivity contribution in [2.75, 3.05) is 25.4 Å². The molecule has 2 aromatic heterocycles. The monoisotopic (exact) mass is 360 g/mol. The average molecular weight is 360 g/mol. The summed E-state index contributed by atoms with van der Waals surface area (Å²) in [6, 6.07) is 5.30. The topological polar surface area (TPSA) is 104 Å². The van der Waals surface area contributed by atoms with Crippen LogP contribution in [0.3, 0.4) is 0 Å². The van der Waals surface area contributed by atoms with Gasteiger partial charge in [0.25, 0.3) is 5.91 Å². The Balaban J connectivity index is 1.38. The number of H-pyrrole nitrogens is 1. The fourth-order valence-electron chi connectivity index (χ4n) is 2.73. The first-order chi connectivity index (χ1) is 12.2. The normalized spacial score (nSPS) is 15.1. The number of piperidine rings is 1. The molecule has 1 aliphatic heterocycles. The van der Waals surface area contributed by atoms with E-state index in [1.807, 2.05) is 0 Å². The predicted octanol–water partition coefficient (Wildman–Crippen LogP) is 0.960. The highest BCUT2D eigenvalue weighted by Crippen LogP contribution is 2.19. The van der Waals surface area contributed by atoms with Gasteiger partial charge in [0.1, 0.15) is 12.0 Å². The lowest BCUT2D eigenvalue weighted by atomic mass is 9.95. The molecule has 0 saturated carbocycles. The Labute approximate surface area is 149 Å². The minimum Gasteiger partial charge on any atom is -0.355 e. The van der Waals surface area contributed by atoms with Gasteiger partial charge in [-0.05, 0) is 25.0 Å². The van der Waals surface area contributed by atoms with E-state index in [2.05, 4.69) is 25.5 Å². The molecule has 0 bridgehead atoms. The average Bonchev–Trinajstić information content (AvgIpc) is 3.19. The van der Waals surface area contributed by atoms with Crippen LogP contribution < -0.4 is 5.32 Å². The predicted molar refractivity (Wildman–Crippen MR) is 93.0 cm³/mol. The first-order valence-corrected chi connectivity index (χ1v) is 9.19. The summed E-state index contributed by atoms with van der Waals surface area (Å²) in [6.45, 7) is 1.75. The van der Waals surface area contributed by atoms with Gasteiger partial charge in [-0.2, -0.15) is 5.10 Å². The number of rotatable bonds is 6. The van der Waals surface area contributed by atoms with Crippen molar-refractivity contribution in [2.24, 2.45) is 5.92 Å². The number of carbonyl (C=O) groups excluding carboxylic acids is 2. The smallest absolute Gasteiger partial charge is 0.272 e. The van der Waals surface area contributed by atoms with Gasteiger partial charge in [0.05, 0.1) is 0 Å². The molecule has 8 nitrogen and oxygen atoms in total. The molecule has 9 heteroatoms. The maximum absolute atomic E-state index is 12.3. The Morgan fingerprint density at radius 3 is 2.80 bits per heavy atom. The molecule has 2 aromatic rings. The van der Waals surface area contributed by atoms with Crippen LogP contribution in [0.25, 0.3) is 0 Å². The molecule has 3 heterocycles. The number of nitrogens with zero attached hydrogens (tertiary/aromatic N) is 4. The molecular formula is C16H20N6O2S. The number of thioether (sulfide) groups is 1. The van der Waals surface area contributed by atoms with Gasteiger partial charge < -0.3 is 10.2 Å². The van der Waals surface area contributed by atoms with Crippen molar-refractivity contribution in [3.63, 3.8) is 0 Å². The summed E-state index contributed by atoms with van der Waals surface area (Å²) >= 11 is 1.51. The summed E-state index contributed by atoms with van der Waals surface area (Å²) in [4.78, 5) is 34.5. The van der Waals surface area contributed by atoms with E-state index in [9.17, 15) is 9.59 Å². The number of hydrogen-bond acceptors (Lipinski definition) is 6. The SMILES string of the molecule is O=C(NCCSc1ncn[nH]1)C1CCN(C(=O)c2ccccn2)CC1. The van der Waals surface area contributed by atoms with Crippen LogP contribution in [0.15, 0.2) is 35.9 Å². The Morgan fingerprint density at radius 2 is 2.12 bits per heavy atom. The van der Waals surface area contributed by atoms with E-state index in [0.717, 1.165) is 10.9 Å². The third kappa shape index (κ3) is 4.79. The molecular weight excluding hydrogens is 340 g/mol. The fraction of sp³-hybridized carbons (Fsp3) is 0.438. The second-order valence-electron chi connectivity index (χ2n) is 5.71. The highest BCUT2D eigenvalue weighted by molar-refractivity contribution is 7.99. The van der Waals surface area contributed by atoms with E-state index >= 15 is 0 Å². The van der Waals surface area contributed by atoms with Gasteiger partial charge in [0, 0.05) is 37.5 Å². The minimum atomic E-state index is -0.0667. The minimum absolute atomic E-state index is 0.0388. The van der Waals surface area contributed by atoms with Crippen LogP contribution in [-0.2, 0) is 4.79 Å².